The number of nitrogens with one attached hydrogen (secondary N) is 1. The average Bonchev–Trinajstić information content (AvgIpc) is 2.18. The first-order valence-corrected chi connectivity index (χ1v) is 6.07. The summed E-state index contributed by atoms with van der Waals surface area (Å²) in [5.74, 6) is -0.788. The van der Waals surface area contributed by atoms with Gasteiger partial charge in [-0.1, -0.05) is 17.7 Å². The van der Waals surface area contributed by atoms with Gasteiger partial charge in [0.25, 0.3) is 0 Å². The highest BCUT2D eigenvalue weighted by atomic mass is 16.5. The van der Waals surface area contributed by atoms with E-state index in [9.17, 15) is 9.90 Å². The number of carboxylic acid groups (broad SMARTS) is 1. The minimum atomic E-state index is -0.788. The van der Waals surface area contributed by atoms with Crippen molar-refractivity contribution >= 4 is 11.7 Å². The van der Waals surface area contributed by atoms with Crippen LogP contribution >= 0.6 is 0 Å². The number of benzene rings is 1. The molecule has 4 heteroatoms. The normalized spacial score (nSPS) is 17.1. The smallest absolute Gasteiger partial charge is 0.316 e. The molecular formula is C14H19NO3. The van der Waals surface area contributed by atoms with Gasteiger partial charge in [-0.2, -0.15) is 0 Å². The number of aryl methyl sites for hydroxylation is 3. The third-order valence-electron chi connectivity index (χ3n) is 3.49. The highest BCUT2D eigenvalue weighted by Gasteiger charge is 2.46. The molecule has 1 aliphatic rings. The van der Waals surface area contributed by atoms with Crippen LogP contribution in [0.15, 0.2) is 12.1 Å². The molecule has 1 aromatic rings. The second kappa shape index (κ2) is 4.61. The summed E-state index contributed by atoms with van der Waals surface area (Å²) in [6, 6.07) is 4.19. The predicted octanol–water partition coefficient (Wildman–Crippen LogP) is 2.12. The van der Waals surface area contributed by atoms with E-state index in [4.69, 9.17) is 4.74 Å². The first-order chi connectivity index (χ1) is 8.44. The number of hydrogen-bond acceptors (Lipinski definition) is 3. The molecule has 1 aliphatic heterocycles. The Balaban J connectivity index is 2.13. The van der Waals surface area contributed by atoms with Gasteiger partial charge in [0.1, 0.15) is 5.41 Å². The second-order valence-corrected chi connectivity index (χ2v) is 5.21. The fourth-order valence-electron chi connectivity index (χ4n) is 2.37. The first-order valence-electron chi connectivity index (χ1n) is 6.07. The van der Waals surface area contributed by atoms with E-state index in [0.29, 0.717) is 19.8 Å². The van der Waals surface area contributed by atoms with Gasteiger partial charge < -0.3 is 15.2 Å². The Morgan fingerprint density at radius 2 is 1.89 bits per heavy atom. The maximum absolute atomic E-state index is 11.2. The Labute approximate surface area is 107 Å². The molecule has 2 N–H and O–H groups in total. The van der Waals surface area contributed by atoms with Gasteiger partial charge in [0.15, 0.2) is 0 Å². The van der Waals surface area contributed by atoms with E-state index in [1.165, 1.54) is 5.56 Å². The molecule has 0 amide bonds. The highest BCUT2D eigenvalue weighted by molar-refractivity contribution is 5.77. The lowest BCUT2D eigenvalue weighted by molar-refractivity contribution is -0.176. The van der Waals surface area contributed by atoms with E-state index >= 15 is 0 Å². The van der Waals surface area contributed by atoms with Crippen LogP contribution in [-0.4, -0.2) is 30.8 Å². The van der Waals surface area contributed by atoms with Crippen LogP contribution in [-0.2, 0) is 9.53 Å². The molecule has 4 nitrogen and oxygen atoms in total. The number of ether oxygens (including phenoxy) is 1. The van der Waals surface area contributed by atoms with Crippen molar-refractivity contribution in [3.05, 3.63) is 28.8 Å². The number of anilines is 1. The molecule has 0 radical (unpaired) electrons. The largest absolute Gasteiger partial charge is 0.481 e. The van der Waals surface area contributed by atoms with Crippen molar-refractivity contribution in [2.75, 3.05) is 25.1 Å². The fourth-order valence-corrected chi connectivity index (χ4v) is 2.37. The van der Waals surface area contributed by atoms with Crippen LogP contribution in [0.3, 0.4) is 0 Å². The second-order valence-electron chi connectivity index (χ2n) is 5.21. The molecule has 0 saturated carbocycles. The van der Waals surface area contributed by atoms with Crippen LogP contribution in [0.1, 0.15) is 16.7 Å². The lowest BCUT2D eigenvalue weighted by atomic mass is 9.86. The van der Waals surface area contributed by atoms with Gasteiger partial charge in [-0.15, -0.1) is 0 Å². The first kappa shape index (κ1) is 12.9. The third-order valence-corrected chi connectivity index (χ3v) is 3.49. The maximum atomic E-state index is 11.2. The number of hydrogen-bond donors (Lipinski definition) is 2. The summed E-state index contributed by atoms with van der Waals surface area (Å²) in [5.41, 5.74) is 3.79. The van der Waals surface area contributed by atoms with E-state index in [-0.39, 0.29) is 0 Å². The zero-order valence-electron chi connectivity index (χ0n) is 11.0. The van der Waals surface area contributed by atoms with Gasteiger partial charge in [-0.25, -0.2) is 0 Å². The van der Waals surface area contributed by atoms with Gasteiger partial charge in [-0.05, 0) is 31.9 Å². The van der Waals surface area contributed by atoms with Crippen molar-refractivity contribution in [1.29, 1.82) is 0 Å². The van der Waals surface area contributed by atoms with Gasteiger partial charge >= 0.3 is 5.97 Å². The van der Waals surface area contributed by atoms with Crippen LogP contribution < -0.4 is 5.32 Å². The number of carbonyl (C=O) groups is 1. The zero-order valence-corrected chi connectivity index (χ0v) is 11.0. The van der Waals surface area contributed by atoms with E-state index in [1.54, 1.807) is 0 Å². The summed E-state index contributed by atoms with van der Waals surface area (Å²) >= 11 is 0. The molecule has 18 heavy (non-hydrogen) atoms. The van der Waals surface area contributed by atoms with E-state index in [2.05, 4.69) is 24.4 Å². The lowest BCUT2D eigenvalue weighted by Crippen LogP contribution is -2.53. The third kappa shape index (κ3) is 2.20. The standard InChI is InChI=1S/C14H19NO3/c1-9-4-10(2)12(11(3)5-9)15-6-14(13(16)17)7-18-8-14/h4-5,15H,6-8H2,1-3H3,(H,16,17). The molecule has 0 atom stereocenters. The molecule has 1 heterocycles. The van der Waals surface area contributed by atoms with Crippen LogP contribution in [0.4, 0.5) is 5.69 Å². The molecule has 0 aliphatic carbocycles. The maximum Gasteiger partial charge on any atom is 0.316 e. The van der Waals surface area contributed by atoms with Gasteiger partial charge in [-0.3, -0.25) is 4.79 Å². The van der Waals surface area contributed by atoms with Gasteiger partial charge in [0.2, 0.25) is 0 Å². The number of rotatable bonds is 4. The predicted molar refractivity (Wildman–Crippen MR) is 70.0 cm³/mol. The Hall–Kier alpha value is -1.55. The van der Waals surface area contributed by atoms with Gasteiger partial charge in [0, 0.05) is 12.2 Å². The molecule has 1 fully saturated rings. The van der Waals surface area contributed by atoms with Crippen LogP contribution in [0.2, 0.25) is 0 Å². The Bertz CT molecular complexity index is 455. The van der Waals surface area contributed by atoms with Crippen LogP contribution in [0, 0.1) is 26.2 Å². The van der Waals surface area contributed by atoms with Crippen molar-refractivity contribution in [1.82, 2.24) is 0 Å². The van der Waals surface area contributed by atoms with Crippen molar-refractivity contribution in [3.8, 4) is 0 Å². The Morgan fingerprint density at radius 1 is 1.33 bits per heavy atom. The van der Waals surface area contributed by atoms with E-state index in [0.717, 1.165) is 16.8 Å². The molecular weight excluding hydrogens is 230 g/mol. The summed E-state index contributed by atoms with van der Waals surface area (Å²) in [7, 11) is 0. The highest BCUT2D eigenvalue weighted by Crippen LogP contribution is 2.30. The molecule has 0 bridgehead atoms. The molecule has 98 valence electrons. The summed E-state index contributed by atoms with van der Waals surface area (Å²) in [6.07, 6.45) is 0. The molecule has 2 rings (SSSR count). The molecule has 0 aromatic heterocycles. The Kier molecular flexibility index (Phi) is 3.30. The minimum absolute atomic E-state index is 0.291. The number of aliphatic carboxylic acids is 1. The van der Waals surface area contributed by atoms with Crippen molar-refractivity contribution in [2.45, 2.75) is 20.8 Å². The summed E-state index contributed by atoms with van der Waals surface area (Å²) in [4.78, 5) is 11.2. The zero-order chi connectivity index (χ0) is 13.3. The van der Waals surface area contributed by atoms with E-state index < -0.39 is 11.4 Å². The van der Waals surface area contributed by atoms with Gasteiger partial charge in [0.05, 0.1) is 13.2 Å². The minimum Gasteiger partial charge on any atom is -0.481 e. The summed E-state index contributed by atoms with van der Waals surface area (Å²) < 4.78 is 5.05. The number of carboxylic acids is 1. The monoisotopic (exact) mass is 249 g/mol. The quantitative estimate of drug-likeness (QED) is 0.858. The average molecular weight is 249 g/mol. The summed E-state index contributed by atoms with van der Waals surface area (Å²) in [5, 5.41) is 12.5. The van der Waals surface area contributed by atoms with Crippen LogP contribution in [0.5, 0.6) is 0 Å². The van der Waals surface area contributed by atoms with Crippen molar-refractivity contribution in [2.24, 2.45) is 5.41 Å². The van der Waals surface area contributed by atoms with Crippen molar-refractivity contribution < 1.29 is 14.6 Å². The van der Waals surface area contributed by atoms with Crippen molar-refractivity contribution in [3.63, 3.8) is 0 Å². The molecule has 0 spiro atoms. The summed E-state index contributed by atoms with van der Waals surface area (Å²) in [6.45, 7) is 7.12. The fraction of sp³-hybridized carbons (Fsp3) is 0.500. The van der Waals surface area contributed by atoms with Crippen LogP contribution in [0.25, 0.3) is 0 Å². The molecule has 1 saturated heterocycles. The van der Waals surface area contributed by atoms with E-state index in [1.807, 2.05) is 13.8 Å². The lowest BCUT2D eigenvalue weighted by Gasteiger charge is -2.37. The molecule has 0 unspecified atom stereocenters. The SMILES string of the molecule is Cc1cc(C)c(NCC2(C(=O)O)COC2)c(C)c1. The topological polar surface area (TPSA) is 58.6 Å². The molecule has 1 aromatic carbocycles. The Morgan fingerprint density at radius 3 is 2.28 bits per heavy atom.